The van der Waals surface area contributed by atoms with Gasteiger partial charge in [-0.05, 0) is 73.4 Å². The highest BCUT2D eigenvalue weighted by Crippen LogP contribution is 2.27. The lowest BCUT2D eigenvalue weighted by Gasteiger charge is -2.35. The third-order valence-electron chi connectivity index (χ3n) is 6.21. The van der Waals surface area contributed by atoms with Crippen LogP contribution in [0.3, 0.4) is 0 Å². The van der Waals surface area contributed by atoms with Crippen LogP contribution in [0.25, 0.3) is 0 Å². The van der Waals surface area contributed by atoms with Gasteiger partial charge in [-0.1, -0.05) is 36.4 Å². The van der Waals surface area contributed by atoms with E-state index in [2.05, 4.69) is 5.32 Å². The zero-order chi connectivity index (χ0) is 26.8. The first-order valence-corrected chi connectivity index (χ1v) is 12.3. The van der Waals surface area contributed by atoms with Crippen molar-refractivity contribution in [2.75, 3.05) is 21.3 Å². The molecule has 0 saturated carbocycles. The number of hydrogen-bond donors (Lipinski definition) is 1. The fourth-order valence-electron chi connectivity index (χ4n) is 4.16. The Morgan fingerprint density at radius 2 is 1.19 bits per heavy atom. The molecule has 0 aliphatic rings. The van der Waals surface area contributed by atoms with Crippen LogP contribution in [0.4, 0.5) is 0 Å². The molecule has 0 fully saturated rings. The van der Waals surface area contributed by atoms with Crippen LogP contribution in [0.15, 0.2) is 72.8 Å². The zero-order valence-corrected chi connectivity index (χ0v) is 22.2. The minimum atomic E-state index is -0.785. The summed E-state index contributed by atoms with van der Waals surface area (Å²) in [4.78, 5) is 28.8. The summed E-state index contributed by atoms with van der Waals surface area (Å²) >= 11 is 0. The van der Waals surface area contributed by atoms with Crippen LogP contribution in [-0.2, 0) is 22.6 Å². The standard InChI is InChI=1S/C30H36N2O5/c1-21(2)32(28(33)19-10-22-6-13-25(35-3)14-7-22)29(24-11-17-27(37-5)18-12-24)30(34)31-20-23-8-15-26(36-4)16-9-23/h6-9,11-18,21,29H,10,19-20H2,1-5H3,(H,31,34). The number of amides is 2. The molecule has 1 unspecified atom stereocenters. The first-order valence-electron chi connectivity index (χ1n) is 12.3. The molecule has 1 atom stereocenters. The Balaban J connectivity index is 1.82. The lowest BCUT2D eigenvalue weighted by Crippen LogP contribution is -2.47. The largest absolute Gasteiger partial charge is 0.497 e. The van der Waals surface area contributed by atoms with Crippen molar-refractivity contribution in [2.24, 2.45) is 0 Å². The van der Waals surface area contributed by atoms with E-state index in [1.54, 1.807) is 38.4 Å². The van der Waals surface area contributed by atoms with Gasteiger partial charge in [0.25, 0.3) is 0 Å². The summed E-state index contributed by atoms with van der Waals surface area (Å²) in [7, 11) is 4.83. The van der Waals surface area contributed by atoms with Crippen molar-refractivity contribution in [2.45, 2.75) is 45.3 Å². The van der Waals surface area contributed by atoms with Gasteiger partial charge in [-0.3, -0.25) is 9.59 Å². The minimum Gasteiger partial charge on any atom is -0.497 e. The molecule has 0 aliphatic heterocycles. The number of nitrogens with one attached hydrogen (secondary N) is 1. The lowest BCUT2D eigenvalue weighted by molar-refractivity contribution is -0.143. The normalized spacial score (nSPS) is 11.5. The van der Waals surface area contributed by atoms with Crippen molar-refractivity contribution in [1.82, 2.24) is 10.2 Å². The van der Waals surface area contributed by atoms with Crippen molar-refractivity contribution in [1.29, 1.82) is 0 Å². The minimum absolute atomic E-state index is 0.0915. The summed E-state index contributed by atoms with van der Waals surface area (Å²) in [6.07, 6.45) is 0.845. The Morgan fingerprint density at radius 3 is 1.65 bits per heavy atom. The molecule has 0 aliphatic carbocycles. The molecule has 7 heteroatoms. The summed E-state index contributed by atoms with van der Waals surface area (Å²) in [6.45, 7) is 4.19. The van der Waals surface area contributed by atoms with Gasteiger partial charge in [0.15, 0.2) is 0 Å². The molecule has 0 bridgehead atoms. The smallest absolute Gasteiger partial charge is 0.247 e. The third kappa shape index (κ3) is 7.49. The van der Waals surface area contributed by atoms with Gasteiger partial charge in [0.2, 0.25) is 11.8 Å². The van der Waals surface area contributed by atoms with E-state index in [0.717, 1.165) is 28.2 Å². The van der Waals surface area contributed by atoms with Crippen molar-refractivity contribution < 1.29 is 23.8 Å². The van der Waals surface area contributed by atoms with E-state index in [4.69, 9.17) is 14.2 Å². The van der Waals surface area contributed by atoms with Gasteiger partial charge in [-0.25, -0.2) is 0 Å². The second-order valence-electron chi connectivity index (χ2n) is 8.98. The lowest BCUT2D eigenvalue weighted by atomic mass is 10.0. The SMILES string of the molecule is COc1ccc(CCC(=O)N(C(C)C)C(C(=O)NCc2ccc(OC)cc2)c2ccc(OC)cc2)cc1. The van der Waals surface area contributed by atoms with E-state index >= 15 is 0 Å². The van der Waals surface area contributed by atoms with E-state index in [0.29, 0.717) is 18.7 Å². The quantitative estimate of drug-likeness (QED) is 0.378. The number of nitrogens with zero attached hydrogens (tertiary/aromatic N) is 1. The Kier molecular flexibility index (Phi) is 9.95. The van der Waals surface area contributed by atoms with Crippen molar-refractivity contribution >= 4 is 11.8 Å². The average molecular weight is 505 g/mol. The first-order chi connectivity index (χ1) is 17.9. The Hall–Kier alpha value is -4.00. The highest BCUT2D eigenvalue weighted by Gasteiger charge is 2.33. The van der Waals surface area contributed by atoms with Crippen molar-refractivity contribution in [3.05, 3.63) is 89.5 Å². The predicted molar refractivity (Wildman–Crippen MR) is 144 cm³/mol. The van der Waals surface area contributed by atoms with E-state index in [9.17, 15) is 9.59 Å². The van der Waals surface area contributed by atoms with Crippen LogP contribution in [0.5, 0.6) is 17.2 Å². The van der Waals surface area contributed by atoms with Crippen LogP contribution in [0.1, 0.15) is 43.0 Å². The van der Waals surface area contributed by atoms with Crippen LogP contribution >= 0.6 is 0 Å². The zero-order valence-electron chi connectivity index (χ0n) is 22.2. The predicted octanol–water partition coefficient (Wildman–Crippen LogP) is 4.94. The molecule has 1 N–H and O–H groups in total. The molecule has 7 nitrogen and oxygen atoms in total. The number of carbonyl (C=O) groups is 2. The van der Waals surface area contributed by atoms with Crippen molar-refractivity contribution in [3.63, 3.8) is 0 Å². The second-order valence-corrected chi connectivity index (χ2v) is 8.98. The van der Waals surface area contributed by atoms with Gasteiger partial charge in [-0.15, -0.1) is 0 Å². The molecule has 3 aromatic carbocycles. The van der Waals surface area contributed by atoms with Gasteiger partial charge in [-0.2, -0.15) is 0 Å². The number of aryl methyl sites for hydroxylation is 1. The third-order valence-corrected chi connectivity index (χ3v) is 6.21. The number of ether oxygens (including phenoxy) is 3. The van der Waals surface area contributed by atoms with Crippen LogP contribution in [0, 0.1) is 0 Å². The van der Waals surface area contributed by atoms with Crippen LogP contribution in [-0.4, -0.2) is 44.1 Å². The average Bonchev–Trinajstić information content (AvgIpc) is 2.93. The Labute approximate surface area is 219 Å². The maximum Gasteiger partial charge on any atom is 0.247 e. The Bertz CT molecular complexity index is 1140. The molecule has 0 spiro atoms. The summed E-state index contributed by atoms with van der Waals surface area (Å²) in [6, 6.07) is 21.5. The van der Waals surface area contributed by atoms with Gasteiger partial charge in [0.1, 0.15) is 23.3 Å². The molecule has 2 amide bonds. The summed E-state index contributed by atoms with van der Waals surface area (Å²) in [5.41, 5.74) is 2.69. The van der Waals surface area contributed by atoms with E-state index in [-0.39, 0.29) is 24.3 Å². The van der Waals surface area contributed by atoms with E-state index < -0.39 is 6.04 Å². The molecule has 196 valence electrons. The van der Waals surface area contributed by atoms with E-state index in [1.165, 1.54) is 0 Å². The van der Waals surface area contributed by atoms with Crippen LogP contribution in [0.2, 0.25) is 0 Å². The fourth-order valence-corrected chi connectivity index (χ4v) is 4.16. The number of rotatable bonds is 12. The highest BCUT2D eigenvalue weighted by molar-refractivity contribution is 5.89. The molecule has 0 heterocycles. The molecule has 3 aromatic rings. The van der Waals surface area contributed by atoms with Gasteiger partial charge in [0, 0.05) is 19.0 Å². The molecule has 0 saturated heterocycles. The van der Waals surface area contributed by atoms with Gasteiger partial charge < -0.3 is 24.4 Å². The van der Waals surface area contributed by atoms with Crippen molar-refractivity contribution in [3.8, 4) is 17.2 Å². The number of hydrogen-bond acceptors (Lipinski definition) is 5. The maximum atomic E-state index is 13.6. The van der Waals surface area contributed by atoms with Gasteiger partial charge in [0.05, 0.1) is 21.3 Å². The summed E-state index contributed by atoms with van der Waals surface area (Å²) in [5.74, 6) is 1.87. The number of carbonyl (C=O) groups excluding carboxylic acids is 2. The molecule has 0 aromatic heterocycles. The summed E-state index contributed by atoms with van der Waals surface area (Å²) in [5, 5.41) is 3.02. The molecule has 37 heavy (non-hydrogen) atoms. The number of benzene rings is 3. The highest BCUT2D eigenvalue weighted by atomic mass is 16.5. The molecular weight excluding hydrogens is 468 g/mol. The summed E-state index contributed by atoms with van der Waals surface area (Å²) < 4.78 is 15.7. The molecular formula is C30H36N2O5. The van der Waals surface area contributed by atoms with Gasteiger partial charge >= 0.3 is 0 Å². The maximum absolute atomic E-state index is 13.6. The second kappa shape index (κ2) is 13.3. The number of methoxy groups -OCH3 is 3. The monoisotopic (exact) mass is 504 g/mol. The van der Waals surface area contributed by atoms with Crippen LogP contribution < -0.4 is 19.5 Å². The first kappa shape index (κ1) is 27.6. The topological polar surface area (TPSA) is 77.1 Å². The molecule has 3 rings (SSSR count). The van der Waals surface area contributed by atoms with E-state index in [1.807, 2.05) is 74.5 Å². The Morgan fingerprint density at radius 1 is 0.730 bits per heavy atom. The fraction of sp³-hybridized carbons (Fsp3) is 0.333. The molecule has 0 radical (unpaired) electrons.